The Kier molecular flexibility index (Phi) is 5.36. The monoisotopic (exact) mass is 273 g/mol. The average Bonchev–Trinajstić information content (AvgIpc) is 2.81. The fourth-order valence-electron chi connectivity index (χ4n) is 2.24. The smallest absolute Gasteiger partial charge is 0.226 e. The lowest BCUT2D eigenvalue weighted by Crippen LogP contribution is -1.90. The van der Waals surface area contributed by atoms with Crippen LogP contribution in [0.2, 0.25) is 0 Å². The number of rotatable bonds is 7. The molecule has 20 heavy (non-hydrogen) atoms. The van der Waals surface area contributed by atoms with Gasteiger partial charge in [0.2, 0.25) is 5.89 Å². The van der Waals surface area contributed by atoms with Crippen molar-refractivity contribution in [1.29, 1.82) is 0 Å². The summed E-state index contributed by atoms with van der Waals surface area (Å²) in [5, 5.41) is 8.75. The molecule has 2 aromatic rings. The minimum absolute atomic E-state index is 0.292. The lowest BCUT2D eigenvalue weighted by Gasteiger charge is -1.98. The van der Waals surface area contributed by atoms with Crippen molar-refractivity contribution >= 4 is 0 Å². The van der Waals surface area contributed by atoms with Gasteiger partial charge in [-0.25, -0.2) is 4.98 Å². The Morgan fingerprint density at radius 1 is 1.00 bits per heavy atom. The van der Waals surface area contributed by atoms with Crippen LogP contribution >= 0.6 is 0 Å². The summed E-state index contributed by atoms with van der Waals surface area (Å²) in [6, 6.07) is 8.24. The Labute approximate surface area is 120 Å². The Morgan fingerprint density at radius 3 is 2.40 bits per heavy atom. The molecule has 3 nitrogen and oxygen atoms in total. The molecule has 1 aromatic carbocycles. The molecular weight excluding hydrogens is 250 g/mol. The zero-order valence-electron chi connectivity index (χ0n) is 12.4. The number of hydrogen-bond acceptors (Lipinski definition) is 3. The summed E-state index contributed by atoms with van der Waals surface area (Å²) in [6.45, 7) is 4.34. The van der Waals surface area contributed by atoms with Gasteiger partial charge in [-0.3, -0.25) is 0 Å². The van der Waals surface area contributed by atoms with Crippen molar-refractivity contribution in [2.24, 2.45) is 0 Å². The molecule has 0 saturated carbocycles. The van der Waals surface area contributed by atoms with E-state index in [1.54, 1.807) is 0 Å². The number of unbranched alkanes of at least 4 members (excludes halogenated alkanes) is 3. The van der Waals surface area contributed by atoms with E-state index < -0.39 is 0 Å². The standard InChI is InChI=1S/C17H23NO2/c1-13-8-10-15(11-9-13)17-18-16(14(2)20-17)7-5-3-4-6-12-19/h8-11,19H,3-7,12H2,1-2H3. The van der Waals surface area contributed by atoms with Crippen LogP contribution in [0.3, 0.4) is 0 Å². The van der Waals surface area contributed by atoms with Crippen molar-refractivity contribution in [2.45, 2.75) is 46.0 Å². The third-order valence-electron chi connectivity index (χ3n) is 3.51. The van der Waals surface area contributed by atoms with Crippen LogP contribution in [-0.2, 0) is 6.42 Å². The Morgan fingerprint density at radius 2 is 1.70 bits per heavy atom. The maximum Gasteiger partial charge on any atom is 0.226 e. The molecule has 0 bridgehead atoms. The summed E-state index contributed by atoms with van der Waals surface area (Å²) in [5.41, 5.74) is 3.33. The summed E-state index contributed by atoms with van der Waals surface area (Å²) in [6.07, 6.45) is 5.16. The van der Waals surface area contributed by atoms with Crippen molar-refractivity contribution in [3.8, 4) is 11.5 Å². The second-order valence-corrected chi connectivity index (χ2v) is 5.28. The van der Waals surface area contributed by atoms with Crippen LogP contribution in [0.25, 0.3) is 11.5 Å². The van der Waals surface area contributed by atoms with Crippen LogP contribution in [-0.4, -0.2) is 16.7 Å². The molecule has 0 unspecified atom stereocenters. The maximum absolute atomic E-state index is 8.75. The number of benzene rings is 1. The predicted octanol–water partition coefficient (Wildman–Crippen LogP) is 4.05. The van der Waals surface area contributed by atoms with E-state index in [4.69, 9.17) is 9.52 Å². The van der Waals surface area contributed by atoms with Crippen LogP contribution in [0.4, 0.5) is 0 Å². The number of aromatic nitrogens is 1. The van der Waals surface area contributed by atoms with Crippen LogP contribution in [0.1, 0.15) is 42.7 Å². The van der Waals surface area contributed by atoms with Gasteiger partial charge in [0, 0.05) is 12.2 Å². The Bertz CT molecular complexity index is 528. The van der Waals surface area contributed by atoms with E-state index in [0.717, 1.165) is 49.1 Å². The molecule has 3 heteroatoms. The number of aliphatic hydroxyl groups is 1. The molecule has 0 atom stereocenters. The van der Waals surface area contributed by atoms with E-state index in [-0.39, 0.29) is 0 Å². The van der Waals surface area contributed by atoms with Crippen LogP contribution in [0.15, 0.2) is 28.7 Å². The van der Waals surface area contributed by atoms with Crippen molar-refractivity contribution < 1.29 is 9.52 Å². The topological polar surface area (TPSA) is 46.3 Å². The first-order chi connectivity index (χ1) is 9.70. The van der Waals surface area contributed by atoms with Gasteiger partial charge in [0.1, 0.15) is 5.76 Å². The fourth-order valence-corrected chi connectivity index (χ4v) is 2.24. The number of nitrogens with zero attached hydrogens (tertiary/aromatic N) is 1. The minimum Gasteiger partial charge on any atom is -0.441 e. The average molecular weight is 273 g/mol. The quantitative estimate of drug-likeness (QED) is 0.774. The molecule has 0 aliphatic rings. The van der Waals surface area contributed by atoms with E-state index >= 15 is 0 Å². The van der Waals surface area contributed by atoms with Gasteiger partial charge in [-0.15, -0.1) is 0 Å². The SMILES string of the molecule is Cc1ccc(-c2nc(CCCCCCO)c(C)o2)cc1. The highest BCUT2D eigenvalue weighted by Gasteiger charge is 2.10. The van der Waals surface area contributed by atoms with E-state index in [1.807, 2.05) is 19.1 Å². The minimum atomic E-state index is 0.292. The molecule has 0 aliphatic carbocycles. The van der Waals surface area contributed by atoms with Gasteiger partial charge in [0.05, 0.1) is 5.69 Å². The zero-order chi connectivity index (χ0) is 14.4. The maximum atomic E-state index is 8.75. The third-order valence-corrected chi connectivity index (χ3v) is 3.51. The van der Waals surface area contributed by atoms with E-state index in [1.165, 1.54) is 5.56 Å². The van der Waals surface area contributed by atoms with Gasteiger partial charge in [-0.1, -0.05) is 30.5 Å². The second kappa shape index (κ2) is 7.25. The molecule has 0 aliphatic heterocycles. The molecule has 1 aromatic heterocycles. The first kappa shape index (κ1) is 14.8. The van der Waals surface area contributed by atoms with E-state index in [2.05, 4.69) is 24.0 Å². The summed E-state index contributed by atoms with van der Waals surface area (Å²) in [4.78, 5) is 4.61. The lowest BCUT2D eigenvalue weighted by molar-refractivity contribution is 0.282. The lowest BCUT2D eigenvalue weighted by atomic mass is 10.1. The molecule has 0 saturated heterocycles. The first-order valence-corrected chi connectivity index (χ1v) is 7.35. The van der Waals surface area contributed by atoms with E-state index in [0.29, 0.717) is 12.5 Å². The normalized spacial score (nSPS) is 10.9. The van der Waals surface area contributed by atoms with Gasteiger partial charge in [0.25, 0.3) is 0 Å². The summed E-state index contributed by atoms with van der Waals surface area (Å²) in [7, 11) is 0. The molecule has 2 rings (SSSR count). The van der Waals surface area contributed by atoms with Gasteiger partial charge >= 0.3 is 0 Å². The summed E-state index contributed by atoms with van der Waals surface area (Å²) in [5.74, 6) is 1.63. The molecule has 0 amide bonds. The van der Waals surface area contributed by atoms with Gasteiger partial charge in [-0.2, -0.15) is 0 Å². The van der Waals surface area contributed by atoms with Gasteiger partial charge in [0.15, 0.2) is 0 Å². The summed E-state index contributed by atoms with van der Waals surface area (Å²) < 4.78 is 5.77. The van der Waals surface area contributed by atoms with Crippen molar-refractivity contribution in [3.05, 3.63) is 41.3 Å². The molecule has 1 N–H and O–H groups in total. The van der Waals surface area contributed by atoms with Crippen LogP contribution < -0.4 is 0 Å². The van der Waals surface area contributed by atoms with E-state index in [9.17, 15) is 0 Å². The van der Waals surface area contributed by atoms with Crippen molar-refractivity contribution in [1.82, 2.24) is 4.98 Å². The molecule has 108 valence electrons. The van der Waals surface area contributed by atoms with Gasteiger partial charge < -0.3 is 9.52 Å². The predicted molar refractivity (Wildman–Crippen MR) is 80.7 cm³/mol. The van der Waals surface area contributed by atoms with Gasteiger partial charge in [-0.05, 0) is 45.2 Å². The first-order valence-electron chi connectivity index (χ1n) is 7.35. The molecule has 0 fully saturated rings. The highest BCUT2D eigenvalue weighted by molar-refractivity contribution is 5.54. The Balaban J connectivity index is 1.97. The van der Waals surface area contributed by atoms with Crippen molar-refractivity contribution in [2.75, 3.05) is 6.61 Å². The Hall–Kier alpha value is -1.61. The van der Waals surface area contributed by atoms with Crippen LogP contribution in [0, 0.1) is 13.8 Å². The second-order valence-electron chi connectivity index (χ2n) is 5.28. The number of hydrogen-bond donors (Lipinski definition) is 1. The number of aliphatic hydroxyl groups excluding tert-OH is 1. The molecule has 0 radical (unpaired) electrons. The summed E-state index contributed by atoms with van der Waals surface area (Å²) >= 11 is 0. The number of aryl methyl sites for hydroxylation is 3. The largest absolute Gasteiger partial charge is 0.441 e. The number of oxazole rings is 1. The highest BCUT2D eigenvalue weighted by Crippen LogP contribution is 2.23. The fraction of sp³-hybridized carbons (Fsp3) is 0.471. The molecule has 1 heterocycles. The third kappa shape index (κ3) is 3.94. The molecular formula is C17H23NO2. The zero-order valence-corrected chi connectivity index (χ0v) is 12.4. The van der Waals surface area contributed by atoms with Crippen LogP contribution in [0.5, 0.6) is 0 Å². The molecule has 0 spiro atoms. The van der Waals surface area contributed by atoms with Crippen molar-refractivity contribution in [3.63, 3.8) is 0 Å². The highest BCUT2D eigenvalue weighted by atomic mass is 16.4.